The van der Waals surface area contributed by atoms with Crippen molar-refractivity contribution in [2.75, 3.05) is 25.0 Å². The van der Waals surface area contributed by atoms with Gasteiger partial charge in [-0.1, -0.05) is 6.07 Å². The highest BCUT2D eigenvalue weighted by Gasteiger charge is 2.32. The van der Waals surface area contributed by atoms with E-state index in [0.717, 1.165) is 42.2 Å². The van der Waals surface area contributed by atoms with Gasteiger partial charge in [0.05, 0.1) is 23.5 Å². The van der Waals surface area contributed by atoms with Crippen LogP contribution in [-0.2, 0) is 4.79 Å². The molecule has 0 aromatic carbocycles. The molecule has 28 heavy (non-hydrogen) atoms. The Kier molecular flexibility index (Phi) is 4.22. The smallest absolute Gasteiger partial charge is 0.222 e. The molecule has 3 aromatic heterocycles. The lowest BCUT2D eigenvalue weighted by Crippen LogP contribution is -2.39. The molecule has 0 N–H and O–H groups in total. The first-order chi connectivity index (χ1) is 13.7. The van der Waals surface area contributed by atoms with Crippen LogP contribution in [0.2, 0.25) is 0 Å². The largest absolute Gasteiger partial charge is 0.354 e. The summed E-state index contributed by atoms with van der Waals surface area (Å²) in [6.07, 6.45) is 9.65. The van der Waals surface area contributed by atoms with Gasteiger partial charge in [0, 0.05) is 39.0 Å². The fraction of sp³-hybridized carbons (Fsp3) is 0.429. The first kappa shape index (κ1) is 17.2. The van der Waals surface area contributed by atoms with E-state index in [0.29, 0.717) is 12.3 Å². The summed E-state index contributed by atoms with van der Waals surface area (Å²) in [5, 5.41) is 4.41. The van der Waals surface area contributed by atoms with Gasteiger partial charge >= 0.3 is 0 Å². The summed E-state index contributed by atoms with van der Waals surface area (Å²) in [6.45, 7) is 1.73. The van der Waals surface area contributed by atoms with Crippen LogP contribution < -0.4 is 4.90 Å². The molecule has 2 aliphatic rings. The van der Waals surface area contributed by atoms with Crippen LogP contribution in [-0.4, -0.2) is 56.6 Å². The quantitative estimate of drug-likeness (QED) is 0.685. The van der Waals surface area contributed by atoms with E-state index in [2.05, 4.69) is 15.0 Å². The van der Waals surface area contributed by atoms with Crippen LogP contribution >= 0.6 is 0 Å². The fourth-order valence-electron chi connectivity index (χ4n) is 3.92. The molecule has 1 aliphatic heterocycles. The highest BCUT2D eigenvalue weighted by Crippen LogP contribution is 2.33. The lowest BCUT2D eigenvalue weighted by Gasteiger charge is -2.25. The van der Waals surface area contributed by atoms with Gasteiger partial charge in [-0.2, -0.15) is 5.10 Å². The van der Waals surface area contributed by atoms with Crippen LogP contribution in [0.4, 0.5) is 5.82 Å². The number of carbonyl (C=O) groups is 1. The molecule has 7 heteroatoms. The molecular weight excluding hydrogens is 352 g/mol. The monoisotopic (exact) mass is 376 g/mol. The minimum atomic E-state index is 0.254. The normalized spacial score (nSPS) is 19.3. The fourth-order valence-corrected chi connectivity index (χ4v) is 3.92. The van der Waals surface area contributed by atoms with E-state index in [1.54, 1.807) is 10.7 Å². The van der Waals surface area contributed by atoms with Gasteiger partial charge in [-0.3, -0.25) is 9.78 Å². The lowest BCUT2D eigenvalue weighted by atomic mass is 10.2. The molecule has 1 aliphatic carbocycles. The van der Waals surface area contributed by atoms with E-state index in [4.69, 9.17) is 4.98 Å². The zero-order valence-electron chi connectivity index (χ0n) is 16.0. The first-order valence-corrected chi connectivity index (χ1v) is 9.95. The number of rotatable bonds is 5. The van der Waals surface area contributed by atoms with E-state index in [9.17, 15) is 4.79 Å². The van der Waals surface area contributed by atoms with Crippen molar-refractivity contribution in [3.63, 3.8) is 0 Å². The van der Waals surface area contributed by atoms with Crippen molar-refractivity contribution in [2.45, 2.75) is 31.7 Å². The van der Waals surface area contributed by atoms with Crippen LogP contribution in [0.15, 0.2) is 42.9 Å². The molecule has 1 saturated carbocycles. The molecule has 0 radical (unpaired) electrons. The molecular formula is C21H24N6O. The predicted octanol–water partition coefficient (Wildman–Crippen LogP) is 2.63. The number of anilines is 1. The maximum Gasteiger partial charge on any atom is 0.222 e. The van der Waals surface area contributed by atoms with Crippen molar-refractivity contribution in [1.82, 2.24) is 24.5 Å². The first-order valence-electron chi connectivity index (χ1n) is 9.95. The molecule has 1 saturated heterocycles. The third-order valence-corrected chi connectivity index (χ3v) is 5.88. The summed E-state index contributed by atoms with van der Waals surface area (Å²) in [6, 6.07) is 8.09. The molecule has 0 spiro atoms. The second-order valence-corrected chi connectivity index (χ2v) is 7.87. The van der Waals surface area contributed by atoms with Gasteiger partial charge in [0.1, 0.15) is 5.82 Å². The zero-order valence-corrected chi connectivity index (χ0v) is 16.0. The molecule has 7 nitrogen and oxygen atoms in total. The summed E-state index contributed by atoms with van der Waals surface area (Å²) >= 11 is 0. The summed E-state index contributed by atoms with van der Waals surface area (Å²) in [4.78, 5) is 26.0. The van der Waals surface area contributed by atoms with Crippen LogP contribution in [0.25, 0.3) is 16.9 Å². The summed E-state index contributed by atoms with van der Waals surface area (Å²) in [7, 11) is 1.95. The minimum Gasteiger partial charge on any atom is -0.354 e. The highest BCUT2D eigenvalue weighted by atomic mass is 16.2. The van der Waals surface area contributed by atoms with Crippen LogP contribution in [0.5, 0.6) is 0 Å². The molecule has 5 rings (SSSR count). The molecule has 0 bridgehead atoms. The number of fused-ring (bicyclic) bond motifs is 1. The van der Waals surface area contributed by atoms with E-state index in [1.807, 2.05) is 48.6 Å². The van der Waals surface area contributed by atoms with Crippen molar-refractivity contribution in [3.8, 4) is 11.3 Å². The Morgan fingerprint density at radius 1 is 1.25 bits per heavy atom. The van der Waals surface area contributed by atoms with Gasteiger partial charge in [0.15, 0.2) is 5.65 Å². The van der Waals surface area contributed by atoms with Crippen molar-refractivity contribution < 1.29 is 4.79 Å². The van der Waals surface area contributed by atoms with Gasteiger partial charge in [0.25, 0.3) is 0 Å². The predicted molar refractivity (Wildman–Crippen MR) is 107 cm³/mol. The average Bonchev–Trinajstić information content (AvgIpc) is 3.24. The van der Waals surface area contributed by atoms with E-state index in [1.165, 1.54) is 12.8 Å². The maximum atomic E-state index is 12.4. The number of hydrogen-bond donors (Lipinski definition) is 0. The van der Waals surface area contributed by atoms with Gasteiger partial charge in [-0.15, -0.1) is 0 Å². The number of aromatic nitrogens is 4. The van der Waals surface area contributed by atoms with Crippen LogP contribution in [0.3, 0.4) is 0 Å². The third kappa shape index (κ3) is 3.21. The lowest BCUT2D eigenvalue weighted by molar-refractivity contribution is -0.131. The Hall–Kier alpha value is -2.96. The van der Waals surface area contributed by atoms with Crippen LogP contribution in [0.1, 0.15) is 25.7 Å². The molecule has 1 atom stereocenters. The second-order valence-electron chi connectivity index (χ2n) is 7.87. The molecule has 3 aromatic rings. The molecule has 4 heterocycles. The SMILES string of the molecule is CN(C(=O)CC1CC1)[C@H]1CCN(c2ccn3ncc(-c4ccccn4)c3n2)C1. The topological polar surface area (TPSA) is 66.6 Å². The van der Waals surface area contributed by atoms with Gasteiger partial charge in [0.2, 0.25) is 5.91 Å². The average molecular weight is 376 g/mol. The second kappa shape index (κ2) is 6.89. The highest BCUT2D eigenvalue weighted by molar-refractivity contribution is 5.77. The minimum absolute atomic E-state index is 0.254. The number of hydrogen-bond acceptors (Lipinski definition) is 5. The molecule has 2 fully saturated rings. The van der Waals surface area contributed by atoms with Crippen molar-refractivity contribution >= 4 is 17.4 Å². The van der Waals surface area contributed by atoms with E-state index < -0.39 is 0 Å². The maximum absolute atomic E-state index is 12.4. The Balaban J connectivity index is 1.35. The van der Waals surface area contributed by atoms with Crippen molar-refractivity contribution in [1.29, 1.82) is 0 Å². The number of amides is 1. The summed E-state index contributed by atoms with van der Waals surface area (Å²) in [5.74, 6) is 1.84. The summed E-state index contributed by atoms with van der Waals surface area (Å²) in [5.41, 5.74) is 2.60. The molecule has 1 amide bonds. The number of likely N-dealkylation sites (N-methyl/N-ethyl adjacent to an activating group) is 1. The number of nitrogens with zero attached hydrogens (tertiary/aromatic N) is 6. The summed E-state index contributed by atoms with van der Waals surface area (Å²) < 4.78 is 1.78. The van der Waals surface area contributed by atoms with Gasteiger partial charge in [-0.05, 0) is 43.4 Å². The molecule has 0 unspecified atom stereocenters. The van der Waals surface area contributed by atoms with Gasteiger partial charge < -0.3 is 9.80 Å². The Morgan fingerprint density at radius 3 is 2.93 bits per heavy atom. The van der Waals surface area contributed by atoms with Gasteiger partial charge in [-0.25, -0.2) is 9.50 Å². The molecule has 144 valence electrons. The third-order valence-electron chi connectivity index (χ3n) is 5.88. The zero-order chi connectivity index (χ0) is 19.1. The van der Waals surface area contributed by atoms with Crippen molar-refractivity contribution in [3.05, 3.63) is 42.9 Å². The Morgan fingerprint density at radius 2 is 2.14 bits per heavy atom. The Labute approximate surface area is 164 Å². The van der Waals surface area contributed by atoms with Crippen LogP contribution in [0, 0.1) is 5.92 Å². The standard InChI is InChI=1S/C21H24N6O/c1-25(20(28)12-15-5-6-15)16-7-10-26(14-16)19-8-11-27-21(24-19)17(13-23-27)18-4-2-3-9-22-18/h2-4,8-9,11,13,15-16H,5-7,10,12,14H2,1H3/t16-/m0/s1. The van der Waals surface area contributed by atoms with Crippen molar-refractivity contribution in [2.24, 2.45) is 5.92 Å². The number of pyridine rings is 1. The van der Waals surface area contributed by atoms with E-state index in [-0.39, 0.29) is 11.9 Å². The van der Waals surface area contributed by atoms with E-state index >= 15 is 0 Å². The number of carbonyl (C=O) groups excluding carboxylic acids is 1. The Bertz CT molecular complexity index is 997.